The molecule has 0 saturated carbocycles. The Morgan fingerprint density at radius 3 is 3.10 bits per heavy atom. The van der Waals surface area contributed by atoms with Crippen molar-refractivity contribution in [3.8, 4) is 0 Å². The molecule has 0 spiro atoms. The SMILES string of the molecule is CNS(=O)(=O)C1CCCN(Cc2cnc3cnccn23)C1. The van der Waals surface area contributed by atoms with Crippen molar-refractivity contribution >= 4 is 15.7 Å². The summed E-state index contributed by atoms with van der Waals surface area (Å²) < 4.78 is 28.3. The predicted molar refractivity (Wildman–Crippen MR) is 79.3 cm³/mol. The molecule has 3 rings (SSSR count). The molecular weight excluding hydrogens is 290 g/mol. The summed E-state index contributed by atoms with van der Waals surface area (Å²) in [7, 11) is -1.72. The Hall–Kier alpha value is -1.51. The zero-order chi connectivity index (χ0) is 14.9. The molecule has 3 heterocycles. The summed E-state index contributed by atoms with van der Waals surface area (Å²) in [6.45, 7) is 2.16. The van der Waals surface area contributed by atoms with Crippen LogP contribution in [0.1, 0.15) is 18.5 Å². The van der Waals surface area contributed by atoms with Gasteiger partial charge >= 0.3 is 0 Å². The van der Waals surface area contributed by atoms with Gasteiger partial charge < -0.3 is 0 Å². The molecule has 1 saturated heterocycles. The molecule has 0 aliphatic carbocycles. The molecule has 2 aromatic heterocycles. The first-order valence-electron chi connectivity index (χ1n) is 7.01. The zero-order valence-electron chi connectivity index (χ0n) is 11.9. The lowest BCUT2D eigenvalue weighted by molar-refractivity contribution is 0.219. The third-order valence-corrected chi connectivity index (χ3v) is 5.80. The number of fused-ring (bicyclic) bond motifs is 1. The van der Waals surface area contributed by atoms with E-state index in [1.54, 1.807) is 12.4 Å². The van der Waals surface area contributed by atoms with E-state index in [-0.39, 0.29) is 5.25 Å². The van der Waals surface area contributed by atoms with Crippen molar-refractivity contribution in [2.75, 3.05) is 20.1 Å². The summed E-state index contributed by atoms with van der Waals surface area (Å²) in [6, 6.07) is 0. The minimum atomic E-state index is -3.20. The van der Waals surface area contributed by atoms with Gasteiger partial charge in [-0.25, -0.2) is 18.1 Å². The summed E-state index contributed by atoms with van der Waals surface area (Å²) in [5.74, 6) is 0. The second-order valence-electron chi connectivity index (χ2n) is 5.30. The van der Waals surface area contributed by atoms with Crippen LogP contribution in [0.4, 0.5) is 0 Å². The van der Waals surface area contributed by atoms with E-state index in [1.807, 2.05) is 16.8 Å². The smallest absolute Gasteiger partial charge is 0.215 e. The number of likely N-dealkylation sites (tertiary alicyclic amines) is 1. The van der Waals surface area contributed by atoms with Gasteiger partial charge in [0.15, 0.2) is 5.65 Å². The molecule has 1 N–H and O–H groups in total. The van der Waals surface area contributed by atoms with Gasteiger partial charge in [-0.2, -0.15) is 0 Å². The van der Waals surface area contributed by atoms with Crippen molar-refractivity contribution in [3.05, 3.63) is 30.5 Å². The highest BCUT2D eigenvalue weighted by Gasteiger charge is 2.29. The molecule has 0 radical (unpaired) electrons. The van der Waals surface area contributed by atoms with Gasteiger partial charge in [-0.3, -0.25) is 14.3 Å². The number of piperidine rings is 1. The number of nitrogens with one attached hydrogen (secondary N) is 1. The van der Waals surface area contributed by atoms with Crippen molar-refractivity contribution in [2.24, 2.45) is 0 Å². The monoisotopic (exact) mass is 309 g/mol. The number of nitrogens with zero attached hydrogens (tertiary/aromatic N) is 4. The Balaban J connectivity index is 1.76. The second kappa shape index (κ2) is 5.70. The summed E-state index contributed by atoms with van der Waals surface area (Å²) in [5.41, 5.74) is 1.86. The van der Waals surface area contributed by atoms with E-state index in [0.717, 1.165) is 30.7 Å². The fraction of sp³-hybridized carbons (Fsp3) is 0.538. The average Bonchev–Trinajstić information content (AvgIpc) is 2.91. The molecule has 114 valence electrons. The fourth-order valence-corrected chi connectivity index (χ4v) is 4.03. The highest BCUT2D eigenvalue weighted by Crippen LogP contribution is 2.18. The Morgan fingerprint density at radius 1 is 1.43 bits per heavy atom. The lowest BCUT2D eigenvalue weighted by Gasteiger charge is -2.31. The van der Waals surface area contributed by atoms with Crippen LogP contribution in [0, 0.1) is 0 Å². The Bertz CT molecular complexity index is 727. The maximum absolute atomic E-state index is 12.0. The average molecular weight is 309 g/mol. The van der Waals surface area contributed by atoms with Crippen LogP contribution in [-0.4, -0.2) is 53.1 Å². The van der Waals surface area contributed by atoms with E-state index in [4.69, 9.17) is 0 Å². The molecule has 7 nitrogen and oxygen atoms in total. The predicted octanol–water partition coefficient (Wildman–Crippen LogP) is 0.243. The van der Waals surface area contributed by atoms with E-state index in [1.165, 1.54) is 7.05 Å². The lowest BCUT2D eigenvalue weighted by atomic mass is 10.1. The van der Waals surface area contributed by atoms with Crippen LogP contribution in [0.2, 0.25) is 0 Å². The normalized spacial score (nSPS) is 20.9. The van der Waals surface area contributed by atoms with E-state index >= 15 is 0 Å². The van der Waals surface area contributed by atoms with Crippen molar-refractivity contribution in [3.63, 3.8) is 0 Å². The van der Waals surface area contributed by atoms with Crippen LogP contribution in [0.5, 0.6) is 0 Å². The highest BCUT2D eigenvalue weighted by atomic mass is 32.2. The maximum atomic E-state index is 12.0. The van der Waals surface area contributed by atoms with Crippen LogP contribution in [-0.2, 0) is 16.6 Å². The Kier molecular flexibility index (Phi) is 3.92. The van der Waals surface area contributed by atoms with Crippen molar-refractivity contribution in [1.29, 1.82) is 0 Å². The molecule has 0 amide bonds. The molecule has 1 fully saturated rings. The second-order valence-corrected chi connectivity index (χ2v) is 7.47. The summed E-state index contributed by atoms with van der Waals surface area (Å²) in [5, 5.41) is -0.336. The number of hydrogen-bond donors (Lipinski definition) is 1. The molecular formula is C13H19N5O2S. The third kappa shape index (κ3) is 2.92. The van der Waals surface area contributed by atoms with E-state index < -0.39 is 10.0 Å². The largest absolute Gasteiger partial charge is 0.300 e. The molecule has 1 aliphatic rings. The molecule has 0 aromatic carbocycles. The van der Waals surface area contributed by atoms with Gasteiger partial charge in [-0.15, -0.1) is 0 Å². The number of aromatic nitrogens is 3. The molecule has 1 atom stereocenters. The minimum Gasteiger partial charge on any atom is -0.300 e. The van der Waals surface area contributed by atoms with Gasteiger partial charge in [0, 0.05) is 25.5 Å². The van der Waals surface area contributed by atoms with Crippen molar-refractivity contribution < 1.29 is 8.42 Å². The summed E-state index contributed by atoms with van der Waals surface area (Å²) >= 11 is 0. The van der Waals surface area contributed by atoms with Crippen LogP contribution in [0.15, 0.2) is 24.8 Å². The van der Waals surface area contributed by atoms with Gasteiger partial charge in [-0.05, 0) is 26.4 Å². The van der Waals surface area contributed by atoms with Crippen LogP contribution in [0.25, 0.3) is 5.65 Å². The summed E-state index contributed by atoms with van der Waals surface area (Å²) in [6.07, 6.45) is 8.76. The standard InChI is InChI=1S/C13H19N5O2S/c1-14-21(19,20)12-3-2-5-17(10-12)9-11-7-16-13-8-15-4-6-18(11)13/h4,6-8,12,14H,2-3,5,9-10H2,1H3. The molecule has 21 heavy (non-hydrogen) atoms. The minimum absolute atomic E-state index is 0.336. The summed E-state index contributed by atoms with van der Waals surface area (Å²) in [4.78, 5) is 10.5. The van der Waals surface area contributed by atoms with E-state index in [9.17, 15) is 8.42 Å². The van der Waals surface area contributed by atoms with Crippen LogP contribution in [0.3, 0.4) is 0 Å². The van der Waals surface area contributed by atoms with Gasteiger partial charge in [0.1, 0.15) is 0 Å². The number of hydrogen-bond acceptors (Lipinski definition) is 5. The number of imidazole rings is 1. The quantitative estimate of drug-likeness (QED) is 0.875. The number of sulfonamides is 1. The van der Waals surface area contributed by atoms with Crippen LogP contribution >= 0.6 is 0 Å². The van der Waals surface area contributed by atoms with Gasteiger partial charge in [0.2, 0.25) is 10.0 Å². The molecule has 2 aromatic rings. The van der Waals surface area contributed by atoms with E-state index in [2.05, 4.69) is 19.6 Å². The third-order valence-electron chi connectivity index (χ3n) is 3.97. The van der Waals surface area contributed by atoms with Gasteiger partial charge in [0.05, 0.1) is 23.3 Å². The topological polar surface area (TPSA) is 79.6 Å². The Labute approximate surface area is 124 Å². The molecule has 0 bridgehead atoms. The molecule has 1 aliphatic heterocycles. The van der Waals surface area contributed by atoms with Gasteiger partial charge in [-0.1, -0.05) is 0 Å². The van der Waals surface area contributed by atoms with Crippen LogP contribution < -0.4 is 4.72 Å². The van der Waals surface area contributed by atoms with Crippen molar-refractivity contribution in [2.45, 2.75) is 24.6 Å². The molecule has 1 unspecified atom stereocenters. The first-order chi connectivity index (χ1) is 10.1. The first kappa shape index (κ1) is 14.4. The Morgan fingerprint density at radius 2 is 2.29 bits per heavy atom. The first-order valence-corrected chi connectivity index (χ1v) is 8.55. The number of rotatable bonds is 4. The van der Waals surface area contributed by atoms with E-state index in [0.29, 0.717) is 13.1 Å². The lowest BCUT2D eigenvalue weighted by Crippen LogP contribution is -2.45. The fourth-order valence-electron chi connectivity index (χ4n) is 2.82. The van der Waals surface area contributed by atoms with Crippen molar-refractivity contribution in [1.82, 2.24) is 24.0 Å². The van der Waals surface area contributed by atoms with Gasteiger partial charge in [0.25, 0.3) is 0 Å². The zero-order valence-corrected chi connectivity index (χ0v) is 12.8. The maximum Gasteiger partial charge on any atom is 0.215 e. The highest BCUT2D eigenvalue weighted by molar-refractivity contribution is 7.90. The molecule has 8 heteroatoms.